The Labute approximate surface area is 166 Å². The Morgan fingerprint density at radius 3 is 2.96 bits per heavy atom. The number of pyridine rings is 1. The van der Waals surface area contributed by atoms with E-state index >= 15 is 0 Å². The Bertz CT molecular complexity index is 582. The van der Waals surface area contributed by atoms with Gasteiger partial charge in [0, 0.05) is 50.9 Å². The highest BCUT2D eigenvalue weighted by Crippen LogP contribution is 2.14. The van der Waals surface area contributed by atoms with Crippen LogP contribution in [0.25, 0.3) is 0 Å². The number of carbonyl (C=O) groups excluding carboxylic acids is 1. The van der Waals surface area contributed by atoms with Crippen molar-refractivity contribution in [2.75, 3.05) is 26.7 Å². The number of aliphatic imine (C=N–C) groups is 1. The summed E-state index contributed by atoms with van der Waals surface area (Å²) in [6.45, 7) is 6.53. The molecule has 0 aliphatic carbocycles. The van der Waals surface area contributed by atoms with Gasteiger partial charge in [0.05, 0.1) is 6.61 Å². The summed E-state index contributed by atoms with van der Waals surface area (Å²) < 4.78 is 5.53. The zero-order valence-corrected chi connectivity index (χ0v) is 17.4. The summed E-state index contributed by atoms with van der Waals surface area (Å²) in [5.41, 5.74) is 0.983. The van der Waals surface area contributed by atoms with Crippen molar-refractivity contribution in [2.45, 2.75) is 39.3 Å². The van der Waals surface area contributed by atoms with Crippen LogP contribution in [0.2, 0.25) is 0 Å². The van der Waals surface area contributed by atoms with Gasteiger partial charge in [0.25, 0.3) is 0 Å². The lowest BCUT2D eigenvalue weighted by atomic mass is 10.2. The van der Waals surface area contributed by atoms with Gasteiger partial charge >= 0.3 is 0 Å². The molecule has 1 aromatic rings. The van der Waals surface area contributed by atoms with E-state index in [4.69, 9.17) is 4.74 Å². The summed E-state index contributed by atoms with van der Waals surface area (Å²) >= 11 is 0. The summed E-state index contributed by atoms with van der Waals surface area (Å²) in [5, 5.41) is 6.66. The van der Waals surface area contributed by atoms with Crippen LogP contribution in [0.15, 0.2) is 23.3 Å². The Hall–Kier alpha value is -1.58. The van der Waals surface area contributed by atoms with Crippen LogP contribution in [-0.4, -0.2) is 54.5 Å². The van der Waals surface area contributed by atoms with Crippen LogP contribution >= 0.6 is 24.0 Å². The average Bonchev–Trinajstić information content (AvgIpc) is 3.07. The van der Waals surface area contributed by atoms with Gasteiger partial charge in [0.2, 0.25) is 11.8 Å². The number of rotatable bonds is 6. The average molecular weight is 461 g/mol. The van der Waals surface area contributed by atoms with Crippen LogP contribution < -0.4 is 15.4 Å². The number of amides is 1. The molecule has 1 amide bonds. The van der Waals surface area contributed by atoms with Crippen molar-refractivity contribution in [2.24, 2.45) is 4.99 Å². The molecule has 1 aromatic heterocycles. The Morgan fingerprint density at radius 2 is 2.28 bits per heavy atom. The highest BCUT2D eigenvalue weighted by atomic mass is 127. The molecule has 1 atom stereocenters. The SMILES string of the molecule is CCOc1ncccc1CNC(=NC)NC1CCN(C(=O)CC)C1.I. The predicted octanol–water partition coefficient (Wildman–Crippen LogP) is 1.77. The van der Waals surface area contributed by atoms with Crippen LogP contribution in [0, 0.1) is 0 Å². The number of hydrogen-bond donors (Lipinski definition) is 2. The fourth-order valence-corrected chi connectivity index (χ4v) is 2.72. The summed E-state index contributed by atoms with van der Waals surface area (Å²) in [4.78, 5) is 22.2. The lowest BCUT2D eigenvalue weighted by Gasteiger charge is -2.19. The van der Waals surface area contributed by atoms with E-state index in [1.165, 1.54) is 0 Å². The molecule has 1 unspecified atom stereocenters. The van der Waals surface area contributed by atoms with Gasteiger partial charge in [-0.1, -0.05) is 13.0 Å². The Balaban J connectivity index is 0.00000312. The fraction of sp³-hybridized carbons (Fsp3) is 0.588. The largest absolute Gasteiger partial charge is 0.478 e. The molecule has 2 heterocycles. The lowest BCUT2D eigenvalue weighted by molar-refractivity contribution is -0.129. The number of guanidine groups is 1. The first-order valence-corrected chi connectivity index (χ1v) is 8.49. The highest BCUT2D eigenvalue weighted by Gasteiger charge is 2.25. The molecule has 1 aliphatic rings. The van der Waals surface area contributed by atoms with Gasteiger partial charge in [0.1, 0.15) is 0 Å². The van der Waals surface area contributed by atoms with E-state index < -0.39 is 0 Å². The number of carbonyl (C=O) groups is 1. The van der Waals surface area contributed by atoms with Crippen molar-refractivity contribution in [3.63, 3.8) is 0 Å². The third-order valence-corrected chi connectivity index (χ3v) is 3.99. The summed E-state index contributed by atoms with van der Waals surface area (Å²) in [6.07, 6.45) is 3.21. The molecule has 2 N–H and O–H groups in total. The third-order valence-electron chi connectivity index (χ3n) is 3.99. The maximum absolute atomic E-state index is 11.8. The van der Waals surface area contributed by atoms with E-state index in [-0.39, 0.29) is 35.9 Å². The number of aromatic nitrogens is 1. The van der Waals surface area contributed by atoms with Crippen molar-refractivity contribution < 1.29 is 9.53 Å². The van der Waals surface area contributed by atoms with Gasteiger partial charge in [-0.05, 0) is 19.4 Å². The second kappa shape index (κ2) is 11.1. The Kier molecular flexibility index (Phi) is 9.54. The molecule has 7 nitrogen and oxygen atoms in total. The Morgan fingerprint density at radius 1 is 1.48 bits per heavy atom. The van der Waals surface area contributed by atoms with Crippen LogP contribution in [0.5, 0.6) is 5.88 Å². The van der Waals surface area contributed by atoms with E-state index in [0.717, 1.165) is 31.0 Å². The maximum atomic E-state index is 11.8. The summed E-state index contributed by atoms with van der Waals surface area (Å²) in [5.74, 6) is 1.57. The van der Waals surface area contributed by atoms with Crippen molar-refractivity contribution >= 4 is 35.8 Å². The van der Waals surface area contributed by atoms with E-state index in [1.807, 2.05) is 30.9 Å². The first-order chi connectivity index (χ1) is 11.7. The highest BCUT2D eigenvalue weighted by molar-refractivity contribution is 14.0. The second-order valence-corrected chi connectivity index (χ2v) is 5.65. The number of nitrogens with one attached hydrogen (secondary N) is 2. The summed E-state index contributed by atoms with van der Waals surface area (Å²) in [7, 11) is 1.74. The topological polar surface area (TPSA) is 78.8 Å². The van der Waals surface area contributed by atoms with Crippen molar-refractivity contribution in [1.82, 2.24) is 20.5 Å². The molecule has 1 fully saturated rings. The zero-order valence-electron chi connectivity index (χ0n) is 15.1. The number of halogens is 1. The minimum atomic E-state index is 0. The van der Waals surface area contributed by atoms with E-state index in [2.05, 4.69) is 20.6 Å². The summed E-state index contributed by atoms with van der Waals surface area (Å²) in [6, 6.07) is 4.10. The molecule has 8 heteroatoms. The van der Waals surface area contributed by atoms with Crippen molar-refractivity contribution in [3.05, 3.63) is 23.9 Å². The van der Waals surface area contributed by atoms with Crippen LogP contribution in [0.1, 0.15) is 32.3 Å². The maximum Gasteiger partial charge on any atom is 0.222 e. The standard InChI is InChI=1S/C17H27N5O2.HI/c1-4-15(23)22-10-8-14(12-22)21-17(18-3)20-11-13-7-6-9-19-16(13)24-5-2;/h6-7,9,14H,4-5,8,10-12H2,1-3H3,(H2,18,20,21);1H. The molecule has 1 aliphatic heterocycles. The van der Waals surface area contributed by atoms with Crippen LogP contribution in [-0.2, 0) is 11.3 Å². The van der Waals surface area contributed by atoms with Gasteiger partial charge in [-0.15, -0.1) is 24.0 Å². The fourth-order valence-electron chi connectivity index (χ4n) is 2.72. The molecule has 25 heavy (non-hydrogen) atoms. The molecule has 0 aromatic carbocycles. The third kappa shape index (κ3) is 6.33. The number of nitrogens with zero attached hydrogens (tertiary/aromatic N) is 3. The van der Waals surface area contributed by atoms with Gasteiger partial charge in [0.15, 0.2) is 5.96 Å². The molecule has 0 saturated carbocycles. The number of ether oxygens (including phenoxy) is 1. The minimum absolute atomic E-state index is 0. The predicted molar refractivity (Wildman–Crippen MR) is 109 cm³/mol. The van der Waals surface area contributed by atoms with Gasteiger partial charge < -0.3 is 20.3 Å². The normalized spacial score (nSPS) is 17.0. The molecular formula is C17H28IN5O2. The van der Waals surface area contributed by atoms with Gasteiger partial charge in [-0.3, -0.25) is 9.79 Å². The minimum Gasteiger partial charge on any atom is -0.478 e. The zero-order chi connectivity index (χ0) is 17.4. The molecule has 2 rings (SSSR count). The lowest BCUT2D eigenvalue weighted by Crippen LogP contribution is -2.44. The van der Waals surface area contributed by atoms with Gasteiger partial charge in [-0.2, -0.15) is 0 Å². The second-order valence-electron chi connectivity index (χ2n) is 5.65. The first-order valence-electron chi connectivity index (χ1n) is 8.49. The van der Waals surface area contributed by atoms with Crippen LogP contribution in [0.3, 0.4) is 0 Å². The quantitative estimate of drug-likeness (QED) is 0.384. The van der Waals surface area contributed by atoms with Crippen molar-refractivity contribution in [1.29, 1.82) is 0 Å². The molecule has 140 valence electrons. The van der Waals surface area contributed by atoms with Crippen LogP contribution in [0.4, 0.5) is 0 Å². The van der Waals surface area contributed by atoms with E-state index in [1.54, 1.807) is 13.2 Å². The molecule has 0 bridgehead atoms. The monoisotopic (exact) mass is 461 g/mol. The number of hydrogen-bond acceptors (Lipinski definition) is 4. The molecule has 0 radical (unpaired) electrons. The van der Waals surface area contributed by atoms with E-state index in [9.17, 15) is 4.79 Å². The smallest absolute Gasteiger partial charge is 0.222 e. The van der Waals surface area contributed by atoms with E-state index in [0.29, 0.717) is 25.5 Å². The molecule has 1 saturated heterocycles. The first kappa shape index (κ1) is 21.5. The molecule has 0 spiro atoms. The molecular weight excluding hydrogens is 433 g/mol. The number of likely N-dealkylation sites (tertiary alicyclic amines) is 1. The van der Waals surface area contributed by atoms with Crippen molar-refractivity contribution in [3.8, 4) is 5.88 Å². The van der Waals surface area contributed by atoms with Gasteiger partial charge in [-0.25, -0.2) is 4.98 Å².